The van der Waals surface area contributed by atoms with Crippen LogP contribution in [-0.4, -0.2) is 29.3 Å². The molecule has 0 saturated carbocycles. The van der Waals surface area contributed by atoms with Gasteiger partial charge in [0.2, 0.25) is 0 Å². The third-order valence-corrected chi connectivity index (χ3v) is 2.02. The van der Waals surface area contributed by atoms with Gasteiger partial charge in [-0.05, 0) is 12.1 Å². The molecule has 1 aromatic rings. The van der Waals surface area contributed by atoms with Gasteiger partial charge < -0.3 is 14.9 Å². The van der Waals surface area contributed by atoms with Crippen molar-refractivity contribution in [2.75, 3.05) is 7.11 Å². The molecule has 0 bridgehead atoms. The van der Waals surface area contributed by atoms with E-state index in [1.165, 1.54) is 0 Å². The van der Waals surface area contributed by atoms with E-state index in [4.69, 9.17) is 5.11 Å². The highest BCUT2D eigenvalue weighted by molar-refractivity contribution is 5.88. The standard InChI is InChI=1S/C10H8F2O5/c1-17-10(16)8(13)7-5(11)2-4(9(14)15)3-6(7)12/h2-3,8,13H,1H3,(H,14,15). The van der Waals surface area contributed by atoms with Crippen molar-refractivity contribution in [3.63, 3.8) is 0 Å². The van der Waals surface area contributed by atoms with E-state index in [1.54, 1.807) is 0 Å². The van der Waals surface area contributed by atoms with E-state index in [0.29, 0.717) is 12.1 Å². The second kappa shape index (κ2) is 4.88. The lowest BCUT2D eigenvalue weighted by Crippen LogP contribution is -2.17. The van der Waals surface area contributed by atoms with E-state index < -0.39 is 40.8 Å². The molecule has 1 aromatic carbocycles. The number of carboxylic acid groups (broad SMARTS) is 1. The van der Waals surface area contributed by atoms with Crippen molar-refractivity contribution in [3.05, 3.63) is 34.9 Å². The minimum atomic E-state index is -2.14. The summed E-state index contributed by atoms with van der Waals surface area (Å²) in [5.41, 5.74) is -1.57. The Bertz CT molecular complexity index is 449. The molecule has 0 saturated heterocycles. The average Bonchev–Trinajstić information content (AvgIpc) is 2.26. The summed E-state index contributed by atoms with van der Waals surface area (Å²) >= 11 is 0. The molecule has 0 aliphatic heterocycles. The first kappa shape index (κ1) is 13.0. The number of esters is 1. The van der Waals surface area contributed by atoms with E-state index in [-0.39, 0.29) is 0 Å². The van der Waals surface area contributed by atoms with Gasteiger partial charge in [-0.2, -0.15) is 0 Å². The van der Waals surface area contributed by atoms with Crippen LogP contribution in [0.1, 0.15) is 22.0 Å². The first-order valence-electron chi connectivity index (χ1n) is 4.36. The average molecular weight is 246 g/mol. The summed E-state index contributed by atoms with van der Waals surface area (Å²) in [6.07, 6.45) is -2.14. The second-order valence-electron chi connectivity index (χ2n) is 3.08. The summed E-state index contributed by atoms with van der Waals surface area (Å²) < 4.78 is 30.8. The minimum Gasteiger partial charge on any atom is -0.478 e. The highest BCUT2D eigenvalue weighted by Gasteiger charge is 2.26. The molecule has 1 rings (SSSR count). The fraction of sp³-hybridized carbons (Fsp3) is 0.200. The van der Waals surface area contributed by atoms with E-state index >= 15 is 0 Å². The predicted octanol–water partition coefficient (Wildman–Crippen LogP) is 0.869. The number of methoxy groups -OCH3 is 1. The molecule has 1 atom stereocenters. The molecule has 7 heteroatoms. The molecule has 0 aromatic heterocycles. The fourth-order valence-corrected chi connectivity index (χ4v) is 1.20. The van der Waals surface area contributed by atoms with Gasteiger partial charge in [-0.25, -0.2) is 18.4 Å². The molecule has 92 valence electrons. The van der Waals surface area contributed by atoms with Gasteiger partial charge in [0.05, 0.1) is 18.2 Å². The van der Waals surface area contributed by atoms with E-state index in [1.807, 2.05) is 0 Å². The molecule has 0 aliphatic carbocycles. The molecule has 0 spiro atoms. The van der Waals surface area contributed by atoms with Crippen LogP contribution < -0.4 is 0 Å². The van der Waals surface area contributed by atoms with Gasteiger partial charge in [0, 0.05) is 0 Å². The number of ether oxygens (including phenoxy) is 1. The van der Waals surface area contributed by atoms with Gasteiger partial charge in [-0.3, -0.25) is 0 Å². The van der Waals surface area contributed by atoms with Crippen molar-refractivity contribution in [3.8, 4) is 0 Å². The number of hydrogen-bond donors (Lipinski definition) is 2. The van der Waals surface area contributed by atoms with Crippen LogP contribution in [0.25, 0.3) is 0 Å². The van der Waals surface area contributed by atoms with Crippen LogP contribution in [0, 0.1) is 11.6 Å². The van der Waals surface area contributed by atoms with Crippen molar-refractivity contribution in [2.45, 2.75) is 6.10 Å². The third-order valence-electron chi connectivity index (χ3n) is 2.02. The van der Waals surface area contributed by atoms with Crippen molar-refractivity contribution in [2.24, 2.45) is 0 Å². The Labute approximate surface area is 94.2 Å². The van der Waals surface area contributed by atoms with Crippen LogP contribution in [0.2, 0.25) is 0 Å². The van der Waals surface area contributed by atoms with Crippen molar-refractivity contribution >= 4 is 11.9 Å². The third kappa shape index (κ3) is 2.56. The van der Waals surface area contributed by atoms with Gasteiger partial charge in [0.15, 0.2) is 6.10 Å². The maximum atomic E-state index is 13.3. The normalized spacial score (nSPS) is 12.0. The Morgan fingerprint density at radius 3 is 2.12 bits per heavy atom. The van der Waals surface area contributed by atoms with Gasteiger partial charge in [-0.1, -0.05) is 0 Å². The lowest BCUT2D eigenvalue weighted by molar-refractivity contribution is -0.151. The van der Waals surface area contributed by atoms with E-state index in [0.717, 1.165) is 7.11 Å². The molecular formula is C10H8F2O5. The minimum absolute atomic E-state index is 0.507. The Morgan fingerprint density at radius 1 is 1.29 bits per heavy atom. The van der Waals surface area contributed by atoms with Crippen LogP contribution in [0.15, 0.2) is 12.1 Å². The van der Waals surface area contributed by atoms with Crippen molar-refractivity contribution in [1.29, 1.82) is 0 Å². The zero-order chi connectivity index (χ0) is 13.2. The number of hydrogen-bond acceptors (Lipinski definition) is 4. The van der Waals surface area contributed by atoms with E-state index in [9.17, 15) is 23.5 Å². The largest absolute Gasteiger partial charge is 0.478 e. The summed E-state index contributed by atoms with van der Waals surface area (Å²) in [6, 6.07) is 1.01. The summed E-state index contributed by atoms with van der Waals surface area (Å²) in [7, 11) is 0.937. The number of aliphatic hydroxyl groups excluding tert-OH is 1. The van der Waals surface area contributed by atoms with Crippen molar-refractivity contribution in [1.82, 2.24) is 0 Å². The molecule has 0 amide bonds. The molecule has 1 unspecified atom stereocenters. The number of carbonyl (C=O) groups is 2. The number of carboxylic acids is 1. The molecule has 2 N–H and O–H groups in total. The summed E-state index contributed by atoms with van der Waals surface area (Å²) in [5, 5.41) is 17.8. The number of aliphatic hydroxyl groups is 1. The molecule has 0 radical (unpaired) electrons. The molecule has 17 heavy (non-hydrogen) atoms. The predicted molar refractivity (Wildman–Crippen MR) is 50.3 cm³/mol. The first-order valence-corrected chi connectivity index (χ1v) is 4.36. The summed E-state index contributed by atoms with van der Waals surface area (Å²) in [4.78, 5) is 21.4. The number of aromatic carboxylic acids is 1. The lowest BCUT2D eigenvalue weighted by Gasteiger charge is -2.11. The van der Waals surface area contributed by atoms with Crippen molar-refractivity contribution < 1.29 is 33.3 Å². The monoisotopic (exact) mass is 246 g/mol. The van der Waals surface area contributed by atoms with Gasteiger partial charge >= 0.3 is 11.9 Å². The van der Waals surface area contributed by atoms with E-state index in [2.05, 4.69) is 4.74 Å². The zero-order valence-electron chi connectivity index (χ0n) is 8.61. The smallest absolute Gasteiger partial charge is 0.339 e. The number of rotatable bonds is 3. The SMILES string of the molecule is COC(=O)C(O)c1c(F)cc(C(=O)O)cc1F. The number of carbonyl (C=O) groups excluding carboxylic acids is 1. The number of benzene rings is 1. The van der Waals surface area contributed by atoms with Crippen LogP contribution in [0.4, 0.5) is 8.78 Å². The quantitative estimate of drug-likeness (QED) is 0.773. The molecule has 5 nitrogen and oxygen atoms in total. The molecule has 0 heterocycles. The van der Waals surface area contributed by atoms with Gasteiger partial charge in [0.1, 0.15) is 11.6 Å². The highest BCUT2D eigenvalue weighted by Crippen LogP contribution is 2.23. The molecular weight excluding hydrogens is 238 g/mol. The van der Waals surface area contributed by atoms with Gasteiger partial charge in [-0.15, -0.1) is 0 Å². The Morgan fingerprint density at radius 2 is 1.76 bits per heavy atom. The first-order chi connectivity index (χ1) is 7.88. The highest BCUT2D eigenvalue weighted by atomic mass is 19.1. The maximum Gasteiger partial charge on any atom is 0.339 e. The molecule has 0 aliphatic rings. The topological polar surface area (TPSA) is 83.8 Å². The zero-order valence-corrected chi connectivity index (χ0v) is 8.61. The van der Waals surface area contributed by atoms with Crippen LogP contribution in [-0.2, 0) is 9.53 Å². The van der Waals surface area contributed by atoms with Crippen LogP contribution in [0.3, 0.4) is 0 Å². The summed E-state index contributed by atoms with van der Waals surface area (Å²) in [5.74, 6) is -5.44. The lowest BCUT2D eigenvalue weighted by atomic mass is 10.1. The Hall–Kier alpha value is -2.02. The second-order valence-corrected chi connectivity index (χ2v) is 3.08. The van der Waals surface area contributed by atoms with Crippen LogP contribution in [0.5, 0.6) is 0 Å². The summed E-state index contributed by atoms with van der Waals surface area (Å²) in [6.45, 7) is 0. The van der Waals surface area contributed by atoms with Crippen LogP contribution >= 0.6 is 0 Å². The van der Waals surface area contributed by atoms with Gasteiger partial charge in [0.25, 0.3) is 0 Å². The molecule has 0 fully saturated rings. The fourth-order valence-electron chi connectivity index (χ4n) is 1.20. The maximum absolute atomic E-state index is 13.3. The number of halogens is 2. The Kier molecular flexibility index (Phi) is 3.74. The Balaban J connectivity index is 3.27.